The Bertz CT molecular complexity index is 328. The van der Waals surface area contributed by atoms with Crippen LogP contribution in [0.3, 0.4) is 0 Å². The minimum Gasteiger partial charge on any atom is -0.329 e. The second kappa shape index (κ2) is 7.21. The average molecular weight is 405 g/mol. The van der Waals surface area contributed by atoms with Gasteiger partial charge in [0.15, 0.2) is 0 Å². The van der Waals surface area contributed by atoms with Crippen LogP contribution in [-0.4, -0.2) is 17.0 Å². The standard InChI is InChI=1S/C13H18N.C2H6.Re/c1-13(2,3)14-9-8-11-6-4-5-7-12(11)10-14;1-2;/h4-7,10H,8-9H2,1-3H3;1-2H3;/q-1;;. The predicted molar refractivity (Wildman–Crippen MR) is 71.4 cm³/mol. The van der Waals surface area contributed by atoms with Crippen LogP contribution in [0.15, 0.2) is 24.3 Å². The Morgan fingerprint density at radius 1 is 1.12 bits per heavy atom. The molecular formula is C15H24NRe-. The zero-order chi connectivity index (χ0) is 12.2. The zero-order valence-electron chi connectivity index (χ0n) is 11.6. The van der Waals surface area contributed by atoms with Gasteiger partial charge in [-0.1, -0.05) is 26.3 Å². The first-order valence-corrected chi connectivity index (χ1v) is 6.27. The number of fused-ring (bicyclic) bond motifs is 1. The van der Waals surface area contributed by atoms with Crippen LogP contribution >= 0.6 is 0 Å². The third kappa shape index (κ3) is 4.47. The van der Waals surface area contributed by atoms with Gasteiger partial charge in [-0.25, -0.2) is 0 Å². The molecule has 1 aromatic carbocycles. The van der Waals surface area contributed by atoms with E-state index in [4.69, 9.17) is 0 Å². The van der Waals surface area contributed by atoms with Crippen LogP contribution < -0.4 is 0 Å². The van der Waals surface area contributed by atoms with Gasteiger partial charge >= 0.3 is 0 Å². The molecule has 2 rings (SSSR count). The third-order valence-corrected chi connectivity index (χ3v) is 2.83. The molecule has 1 heterocycles. The van der Waals surface area contributed by atoms with E-state index in [1.807, 2.05) is 13.8 Å². The second-order valence-electron chi connectivity index (χ2n) is 4.94. The van der Waals surface area contributed by atoms with E-state index in [0.29, 0.717) is 0 Å². The van der Waals surface area contributed by atoms with Crippen molar-refractivity contribution in [2.75, 3.05) is 6.54 Å². The van der Waals surface area contributed by atoms with E-state index >= 15 is 0 Å². The molecular weight excluding hydrogens is 380 g/mol. The summed E-state index contributed by atoms with van der Waals surface area (Å²) in [6, 6.07) is 8.67. The Morgan fingerprint density at radius 2 is 1.71 bits per heavy atom. The molecule has 0 bridgehead atoms. The van der Waals surface area contributed by atoms with Gasteiger partial charge in [0.05, 0.1) is 0 Å². The van der Waals surface area contributed by atoms with Crippen LogP contribution in [0.4, 0.5) is 0 Å². The monoisotopic (exact) mass is 405 g/mol. The first-order chi connectivity index (χ1) is 7.57. The fraction of sp³-hybridized carbons (Fsp3) is 0.533. The Labute approximate surface area is 120 Å². The molecule has 2 heteroatoms. The van der Waals surface area contributed by atoms with Crippen LogP contribution in [-0.2, 0) is 26.8 Å². The fourth-order valence-corrected chi connectivity index (χ4v) is 1.89. The number of benzene rings is 1. The first kappa shape index (κ1) is 16.7. The molecule has 0 unspecified atom stereocenters. The minimum atomic E-state index is 0. The van der Waals surface area contributed by atoms with Crippen molar-refractivity contribution in [1.29, 1.82) is 0 Å². The second-order valence-corrected chi connectivity index (χ2v) is 4.94. The van der Waals surface area contributed by atoms with Crippen molar-refractivity contribution >= 4 is 0 Å². The summed E-state index contributed by atoms with van der Waals surface area (Å²) in [5.74, 6) is 0. The van der Waals surface area contributed by atoms with E-state index in [1.54, 1.807) is 0 Å². The molecule has 0 saturated heterocycles. The van der Waals surface area contributed by atoms with E-state index in [-0.39, 0.29) is 26.0 Å². The van der Waals surface area contributed by atoms with E-state index in [9.17, 15) is 0 Å². The molecule has 0 spiro atoms. The third-order valence-electron chi connectivity index (χ3n) is 2.83. The molecule has 1 aromatic rings. The van der Waals surface area contributed by atoms with Crippen LogP contribution in [0.2, 0.25) is 0 Å². The van der Waals surface area contributed by atoms with Gasteiger partial charge in [-0.15, -0.1) is 24.2 Å². The van der Waals surface area contributed by atoms with Crippen molar-refractivity contribution in [3.05, 3.63) is 41.9 Å². The summed E-state index contributed by atoms with van der Waals surface area (Å²) in [6.07, 6.45) is 1.17. The zero-order valence-corrected chi connectivity index (χ0v) is 14.3. The predicted octanol–water partition coefficient (Wildman–Crippen LogP) is 3.88. The van der Waals surface area contributed by atoms with Crippen LogP contribution in [0.25, 0.3) is 0 Å². The molecule has 0 fully saturated rings. The molecule has 17 heavy (non-hydrogen) atoms. The topological polar surface area (TPSA) is 3.24 Å². The molecule has 1 aliphatic heterocycles. The van der Waals surface area contributed by atoms with Gasteiger partial charge in [0.25, 0.3) is 0 Å². The van der Waals surface area contributed by atoms with Crippen LogP contribution in [0, 0.1) is 6.54 Å². The maximum Gasteiger partial charge on any atom is 0.00525 e. The maximum absolute atomic E-state index is 2.43. The fourth-order valence-electron chi connectivity index (χ4n) is 1.89. The molecule has 1 aliphatic rings. The normalized spacial score (nSPS) is 14.6. The number of hydrogen-bond acceptors (Lipinski definition) is 1. The summed E-state index contributed by atoms with van der Waals surface area (Å²) < 4.78 is 0. The Kier molecular flexibility index (Phi) is 7.09. The Balaban J connectivity index is 0.000000811. The van der Waals surface area contributed by atoms with Crippen molar-refractivity contribution in [2.45, 2.75) is 46.6 Å². The van der Waals surface area contributed by atoms with Gasteiger partial charge in [-0.3, -0.25) is 0 Å². The SMILES string of the molecule is CC.CC(C)(C)N1[CH-]c2ccccc2CC1.[Re]. The Morgan fingerprint density at radius 3 is 2.29 bits per heavy atom. The van der Waals surface area contributed by atoms with E-state index in [2.05, 4.69) is 56.5 Å². The van der Waals surface area contributed by atoms with E-state index in [0.717, 1.165) is 6.54 Å². The first-order valence-electron chi connectivity index (χ1n) is 6.27. The van der Waals surface area contributed by atoms with Crippen LogP contribution in [0.5, 0.6) is 0 Å². The molecule has 0 N–H and O–H groups in total. The molecule has 1 radical (unpaired) electrons. The summed E-state index contributed by atoms with van der Waals surface area (Å²) in [6.45, 7) is 14.2. The van der Waals surface area contributed by atoms with Crippen molar-refractivity contribution in [3.63, 3.8) is 0 Å². The number of hydrogen-bond donors (Lipinski definition) is 0. The van der Waals surface area contributed by atoms with Gasteiger partial charge in [-0.05, 0) is 27.3 Å². The molecule has 0 amide bonds. The molecule has 0 atom stereocenters. The van der Waals surface area contributed by atoms with Crippen molar-refractivity contribution in [2.24, 2.45) is 0 Å². The van der Waals surface area contributed by atoms with Gasteiger partial charge < -0.3 is 4.90 Å². The van der Waals surface area contributed by atoms with Crippen molar-refractivity contribution in [3.8, 4) is 0 Å². The summed E-state index contributed by atoms with van der Waals surface area (Å²) in [5.41, 5.74) is 3.11. The minimum absolute atomic E-state index is 0. The molecule has 0 saturated carbocycles. The molecule has 97 valence electrons. The quantitative estimate of drug-likeness (QED) is 0.593. The largest absolute Gasteiger partial charge is 0.329 e. The average Bonchev–Trinajstić information content (AvgIpc) is 2.30. The molecule has 0 aromatic heterocycles. The number of nitrogens with zero attached hydrogens (tertiary/aromatic N) is 1. The summed E-state index contributed by atoms with van der Waals surface area (Å²) in [5, 5.41) is 0. The van der Waals surface area contributed by atoms with Gasteiger partial charge in [0.1, 0.15) is 0 Å². The molecule has 0 aliphatic carbocycles. The van der Waals surface area contributed by atoms with Crippen molar-refractivity contribution < 1.29 is 20.4 Å². The van der Waals surface area contributed by atoms with Gasteiger partial charge in [-0.2, -0.15) is 11.6 Å². The van der Waals surface area contributed by atoms with Crippen LogP contribution in [0.1, 0.15) is 45.7 Å². The van der Waals surface area contributed by atoms with Gasteiger partial charge in [0.2, 0.25) is 0 Å². The Hall–Kier alpha value is -0.288. The summed E-state index contributed by atoms with van der Waals surface area (Å²) in [7, 11) is 0. The number of rotatable bonds is 0. The smallest absolute Gasteiger partial charge is 0.00525 e. The maximum atomic E-state index is 2.43. The summed E-state index contributed by atoms with van der Waals surface area (Å²) in [4.78, 5) is 2.43. The van der Waals surface area contributed by atoms with Crippen molar-refractivity contribution in [1.82, 2.24) is 4.90 Å². The van der Waals surface area contributed by atoms with E-state index in [1.165, 1.54) is 17.5 Å². The van der Waals surface area contributed by atoms with E-state index < -0.39 is 0 Å². The summed E-state index contributed by atoms with van der Waals surface area (Å²) >= 11 is 0. The molecule has 1 nitrogen and oxygen atoms in total. The van der Waals surface area contributed by atoms with Gasteiger partial charge in [0, 0.05) is 26.0 Å².